The van der Waals surface area contributed by atoms with Gasteiger partial charge in [0, 0.05) is 10.6 Å². The van der Waals surface area contributed by atoms with Gasteiger partial charge in [-0.05, 0) is 19.1 Å². The van der Waals surface area contributed by atoms with Gasteiger partial charge in [-0.25, -0.2) is 0 Å². The average Bonchev–Trinajstić information content (AvgIpc) is 2.61. The van der Waals surface area contributed by atoms with Crippen LogP contribution in [0.1, 0.15) is 16.1 Å². The van der Waals surface area contributed by atoms with Crippen molar-refractivity contribution < 1.29 is 4.79 Å². The zero-order valence-electron chi connectivity index (χ0n) is 9.15. The number of aromatic nitrogens is 2. The molecule has 1 aromatic heterocycles. The zero-order chi connectivity index (χ0) is 12.4. The van der Waals surface area contributed by atoms with Crippen LogP contribution in [0.5, 0.6) is 0 Å². The Morgan fingerprint density at radius 2 is 2.18 bits per heavy atom. The molecule has 88 valence electrons. The van der Waals surface area contributed by atoms with Crippen LogP contribution in [-0.4, -0.2) is 15.6 Å². The van der Waals surface area contributed by atoms with E-state index in [0.717, 1.165) is 5.69 Å². The van der Waals surface area contributed by atoms with Gasteiger partial charge in [-0.2, -0.15) is 5.10 Å². The molecule has 2 rings (SSSR count). The molecule has 5 heteroatoms. The van der Waals surface area contributed by atoms with Crippen molar-refractivity contribution in [3.05, 3.63) is 51.8 Å². The van der Waals surface area contributed by atoms with Crippen LogP contribution in [0.25, 0.3) is 0 Å². The molecule has 0 fully saturated rings. The summed E-state index contributed by atoms with van der Waals surface area (Å²) in [7, 11) is 0. The number of benzene rings is 1. The van der Waals surface area contributed by atoms with E-state index in [2.05, 4.69) is 5.10 Å². The van der Waals surface area contributed by atoms with Crippen molar-refractivity contribution in [3.63, 3.8) is 0 Å². The number of hydrogen-bond donors (Lipinski definition) is 0. The average molecular weight is 269 g/mol. The quantitative estimate of drug-likeness (QED) is 0.800. The van der Waals surface area contributed by atoms with Crippen molar-refractivity contribution >= 4 is 29.0 Å². The third kappa shape index (κ3) is 2.68. The Kier molecular flexibility index (Phi) is 3.50. The number of rotatable bonds is 3. The van der Waals surface area contributed by atoms with Gasteiger partial charge in [-0.15, -0.1) is 0 Å². The molecule has 0 saturated heterocycles. The molecule has 0 saturated carbocycles. The van der Waals surface area contributed by atoms with Gasteiger partial charge in [0.1, 0.15) is 6.54 Å². The maximum Gasteiger partial charge on any atom is 0.184 e. The summed E-state index contributed by atoms with van der Waals surface area (Å²) >= 11 is 11.7. The Hall–Kier alpha value is -1.32. The second kappa shape index (κ2) is 4.90. The summed E-state index contributed by atoms with van der Waals surface area (Å²) in [4.78, 5) is 12.0. The zero-order valence-corrected chi connectivity index (χ0v) is 10.7. The summed E-state index contributed by atoms with van der Waals surface area (Å²) in [5.41, 5.74) is 1.35. The van der Waals surface area contributed by atoms with Crippen molar-refractivity contribution in [2.24, 2.45) is 0 Å². The number of hydrogen-bond acceptors (Lipinski definition) is 2. The van der Waals surface area contributed by atoms with E-state index in [0.29, 0.717) is 15.6 Å². The summed E-state index contributed by atoms with van der Waals surface area (Å²) in [6, 6.07) is 6.85. The van der Waals surface area contributed by atoms with Crippen LogP contribution in [0.4, 0.5) is 0 Å². The first-order valence-electron chi connectivity index (χ1n) is 5.04. The molecule has 1 heterocycles. The first-order valence-corrected chi connectivity index (χ1v) is 5.80. The van der Waals surface area contributed by atoms with Gasteiger partial charge in [-0.1, -0.05) is 35.3 Å². The lowest BCUT2D eigenvalue weighted by atomic mass is 10.1. The van der Waals surface area contributed by atoms with E-state index in [1.165, 1.54) is 6.20 Å². The minimum atomic E-state index is -0.0460. The lowest BCUT2D eigenvalue weighted by molar-refractivity contribution is 0.0967. The van der Waals surface area contributed by atoms with Crippen LogP contribution >= 0.6 is 23.2 Å². The van der Waals surface area contributed by atoms with Crippen LogP contribution in [0.2, 0.25) is 10.0 Å². The number of Topliss-reactive ketones (excluding diaryl/α,β-unsaturated/α-hetero) is 1. The van der Waals surface area contributed by atoms with Crippen LogP contribution in [0, 0.1) is 6.92 Å². The van der Waals surface area contributed by atoms with Crippen LogP contribution < -0.4 is 0 Å². The number of carbonyl (C=O) groups excluding carboxylic acids is 1. The highest BCUT2D eigenvalue weighted by Crippen LogP contribution is 2.15. The third-order valence-electron chi connectivity index (χ3n) is 2.48. The largest absolute Gasteiger partial charge is 0.292 e. The normalized spacial score (nSPS) is 10.5. The maximum absolute atomic E-state index is 12.0. The number of carbonyl (C=O) groups is 1. The van der Waals surface area contributed by atoms with Crippen molar-refractivity contribution in [1.29, 1.82) is 0 Å². The predicted octanol–water partition coefficient (Wildman–Crippen LogP) is 3.38. The Labute approximate surface area is 109 Å². The van der Waals surface area contributed by atoms with Gasteiger partial charge in [0.25, 0.3) is 0 Å². The van der Waals surface area contributed by atoms with Gasteiger partial charge in [0.15, 0.2) is 5.78 Å². The molecule has 17 heavy (non-hydrogen) atoms. The molecule has 0 aliphatic rings. The fourth-order valence-corrected chi connectivity index (χ4v) is 1.80. The Morgan fingerprint density at radius 1 is 1.41 bits per heavy atom. The fourth-order valence-electron chi connectivity index (χ4n) is 1.47. The lowest BCUT2D eigenvalue weighted by Gasteiger charge is -2.04. The smallest absolute Gasteiger partial charge is 0.184 e. The van der Waals surface area contributed by atoms with Crippen LogP contribution in [0.15, 0.2) is 30.5 Å². The molecule has 0 bridgehead atoms. The van der Waals surface area contributed by atoms with Gasteiger partial charge in [0.2, 0.25) is 0 Å². The monoisotopic (exact) mass is 268 g/mol. The summed E-state index contributed by atoms with van der Waals surface area (Å²) in [5.74, 6) is -0.0460. The molecular formula is C12H10Cl2N2O. The summed E-state index contributed by atoms with van der Waals surface area (Å²) in [5, 5.41) is 5.14. The fraction of sp³-hybridized carbons (Fsp3) is 0.167. The van der Waals surface area contributed by atoms with Gasteiger partial charge in [-0.3, -0.25) is 9.48 Å². The van der Waals surface area contributed by atoms with Crippen LogP contribution in [0.3, 0.4) is 0 Å². The molecule has 0 radical (unpaired) electrons. The van der Waals surface area contributed by atoms with E-state index in [4.69, 9.17) is 23.2 Å². The van der Waals surface area contributed by atoms with Gasteiger partial charge in [0.05, 0.1) is 16.9 Å². The lowest BCUT2D eigenvalue weighted by Crippen LogP contribution is -2.12. The first-order chi connectivity index (χ1) is 8.08. The van der Waals surface area contributed by atoms with Crippen molar-refractivity contribution in [1.82, 2.24) is 9.78 Å². The second-order valence-corrected chi connectivity index (χ2v) is 4.51. The highest BCUT2D eigenvalue weighted by atomic mass is 35.5. The highest BCUT2D eigenvalue weighted by Gasteiger charge is 2.10. The third-order valence-corrected chi connectivity index (χ3v) is 3.09. The minimum absolute atomic E-state index is 0.0460. The minimum Gasteiger partial charge on any atom is -0.292 e. The van der Waals surface area contributed by atoms with E-state index in [1.54, 1.807) is 28.9 Å². The van der Waals surface area contributed by atoms with Gasteiger partial charge >= 0.3 is 0 Å². The van der Waals surface area contributed by atoms with Crippen molar-refractivity contribution in [3.8, 4) is 0 Å². The molecule has 0 aliphatic heterocycles. The number of halogens is 2. The van der Waals surface area contributed by atoms with E-state index in [1.807, 2.05) is 6.92 Å². The van der Waals surface area contributed by atoms with Gasteiger partial charge < -0.3 is 0 Å². The summed E-state index contributed by atoms with van der Waals surface area (Å²) in [6.45, 7) is 1.99. The Morgan fingerprint density at radius 3 is 2.76 bits per heavy atom. The molecule has 0 atom stereocenters. The first kappa shape index (κ1) is 12.1. The SMILES string of the molecule is Cc1c(Cl)cnn1CC(=O)c1cccc(Cl)c1. The second-order valence-electron chi connectivity index (χ2n) is 3.67. The molecule has 0 unspecified atom stereocenters. The van der Waals surface area contributed by atoms with Crippen molar-refractivity contribution in [2.75, 3.05) is 0 Å². The highest BCUT2D eigenvalue weighted by molar-refractivity contribution is 6.31. The molecule has 0 aliphatic carbocycles. The summed E-state index contributed by atoms with van der Waals surface area (Å²) < 4.78 is 1.57. The van der Waals surface area contributed by atoms with E-state index in [-0.39, 0.29) is 12.3 Å². The molecule has 1 aromatic carbocycles. The standard InChI is InChI=1S/C12H10Cl2N2O/c1-8-11(14)6-15-16(8)7-12(17)9-3-2-4-10(13)5-9/h2-6H,7H2,1H3. The molecule has 0 spiro atoms. The molecule has 0 amide bonds. The number of nitrogens with zero attached hydrogens (tertiary/aromatic N) is 2. The van der Waals surface area contributed by atoms with E-state index >= 15 is 0 Å². The molecule has 3 nitrogen and oxygen atoms in total. The molecular weight excluding hydrogens is 259 g/mol. The topological polar surface area (TPSA) is 34.9 Å². The maximum atomic E-state index is 12.0. The summed E-state index contributed by atoms with van der Waals surface area (Å²) in [6.07, 6.45) is 1.53. The Balaban J connectivity index is 2.20. The predicted molar refractivity (Wildman–Crippen MR) is 67.8 cm³/mol. The van der Waals surface area contributed by atoms with Crippen LogP contribution in [-0.2, 0) is 6.54 Å². The van der Waals surface area contributed by atoms with E-state index < -0.39 is 0 Å². The number of ketones is 1. The molecule has 0 N–H and O–H groups in total. The molecule has 2 aromatic rings. The van der Waals surface area contributed by atoms with E-state index in [9.17, 15) is 4.79 Å². The Bertz CT molecular complexity index is 563. The van der Waals surface area contributed by atoms with Crippen molar-refractivity contribution in [2.45, 2.75) is 13.5 Å².